The molecule has 3 heterocycles. The number of hydrogen-bond acceptors (Lipinski definition) is 2. The molecule has 7 rings (SSSR count). The van der Waals surface area contributed by atoms with Crippen LogP contribution in [-0.2, 0) is 16.2 Å². The van der Waals surface area contributed by atoms with Gasteiger partial charge in [-0.15, -0.1) is 0 Å². The van der Waals surface area contributed by atoms with E-state index in [9.17, 15) is 0 Å². The molecule has 0 bridgehead atoms. The summed E-state index contributed by atoms with van der Waals surface area (Å²) < 4.78 is 0. The number of benzene rings is 4. The summed E-state index contributed by atoms with van der Waals surface area (Å²) in [6, 6.07) is 19.1. The third kappa shape index (κ3) is 3.09. The lowest BCUT2D eigenvalue weighted by atomic mass is 9.64. The van der Waals surface area contributed by atoms with Gasteiger partial charge in [0.1, 0.15) is 0 Å². The predicted octanol–water partition coefficient (Wildman–Crippen LogP) is 11.1. The first-order valence-electron chi connectivity index (χ1n) is 15.2. The molecule has 41 heavy (non-hydrogen) atoms. The Labute approximate surface area is 247 Å². The number of nitrogens with zero attached hydrogens (tertiary/aromatic N) is 2. The van der Waals surface area contributed by atoms with Crippen LogP contribution in [0.2, 0.25) is 0 Å². The second-order valence-corrected chi connectivity index (χ2v) is 14.9. The van der Waals surface area contributed by atoms with E-state index in [0.29, 0.717) is 0 Å². The fraction of sp³-hybridized carbons (Fsp3) is 0.385. The van der Waals surface area contributed by atoms with Gasteiger partial charge in [0.15, 0.2) is 0 Å². The molecular weight excluding hydrogens is 496 g/mol. The quantitative estimate of drug-likeness (QED) is 0.209. The molecule has 4 aromatic carbocycles. The first-order valence-corrected chi connectivity index (χ1v) is 15.2. The van der Waals surface area contributed by atoms with Crippen LogP contribution in [0.3, 0.4) is 0 Å². The fourth-order valence-corrected chi connectivity index (χ4v) is 7.98. The minimum absolute atomic E-state index is 0.0663. The van der Waals surface area contributed by atoms with Gasteiger partial charge in [-0.2, -0.15) is 0 Å². The Morgan fingerprint density at radius 3 is 1.32 bits per heavy atom. The maximum Gasteiger partial charge on any atom is 0.0744 e. The largest absolute Gasteiger partial charge is 0.306 e. The highest BCUT2D eigenvalue weighted by Gasteiger charge is 2.50. The zero-order chi connectivity index (χ0) is 29.5. The van der Waals surface area contributed by atoms with E-state index in [2.05, 4.69) is 141 Å². The number of hydrogen-bond donors (Lipinski definition) is 0. The van der Waals surface area contributed by atoms with Crippen molar-refractivity contribution in [3.05, 3.63) is 104 Å². The van der Waals surface area contributed by atoms with Crippen LogP contribution in [0.15, 0.2) is 48.5 Å². The van der Waals surface area contributed by atoms with Crippen molar-refractivity contribution in [2.75, 3.05) is 9.80 Å². The summed E-state index contributed by atoms with van der Waals surface area (Å²) in [7, 11) is 0. The zero-order valence-corrected chi connectivity index (χ0v) is 27.0. The van der Waals surface area contributed by atoms with Gasteiger partial charge >= 0.3 is 0 Å². The van der Waals surface area contributed by atoms with Gasteiger partial charge in [-0.05, 0) is 108 Å². The Bertz CT molecular complexity index is 1710. The molecule has 0 amide bonds. The van der Waals surface area contributed by atoms with Crippen LogP contribution >= 0.6 is 0 Å². The summed E-state index contributed by atoms with van der Waals surface area (Å²) >= 11 is 0. The molecule has 0 fully saturated rings. The first kappa shape index (κ1) is 26.4. The number of rotatable bonds is 1. The van der Waals surface area contributed by atoms with E-state index in [-0.39, 0.29) is 16.2 Å². The molecule has 0 saturated heterocycles. The topological polar surface area (TPSA) is 6.48 Å². The van der Waals surface area contributed by atoms with Crippen molar-refractivity contribution in [2.24, 2.45) is 0 Å². The van der Waals surface area contributed by atoms with E-state index in [1.54, 1.807) is 0 Å². The van der Waals surface area contributed by atoms with E-state index >= 15 is 0 Å². The van der Waals surface area contributed by atoms with Crippen LogP contribution < -0.4 is 9.80 Å². The Morgan fingerprint density at radius 2 is 0.902 bits per heavy atom. The lowest BCUT2D eigenvalue weighted by Gasteiger charge is -2.54. The number of anilines is 6. The van der Waals surface area contributed by atoms with E-state index in [0.717, 1.165) is 0 Å². The van der Waals surface area contributed by atoms with Gasteiger partial charge in [0.25, 0.3) is 0 Å². The third-order valence-corrected chi connectivity index (χ3v) is 11.0. The molecule has 0 unspecified atom stereocenters. The molecule has 0 aliphatic carbocycles. The van der Waals surface area contributed by atoms with Crippen molar-refractivity contribution in [3.63, 3.8) is 0 Å². The molecule has 210 valence electrons. The molecule has 3 aliphatic heterocycles. The predicted molar refractivity (Wildman–Crippen MR) is 176 cm³/mol. The monoisotopic (exact) mass is 540 g/mol. The minimum Gasteiger partial charge on any atom is -0.306 e. The van der Waals surface area contributed by atoms with E-state index in [1.165, 1.54) is 89.8 Å². The molecule has 0 saturated carbocycles. The fourth-order valence-electron chi connectivity index (χ4n) is 7.98. The molecule has 3 aliphatic rings. The third-order valence-electron chi connectivity index (χ3n) is 11.0. The van der Waals surface area contributed by atoms with Gasteiger partial charge in [0.05, 0.1) is 34.1 Å². The molecular formula is C39H44N2. The second-order valence-electron chi connectivity index (χ2n) is 14.9. The first-order chi connectivity index (χ1) is 19.1. The summed E-state index contributed by atoms with van der Waals surface area (Å²) in [6.45, 7) is 28.3. The van der Waals surface area contributed by atoms with E-state index in [4.69, 9.17) is 0 Å². The lowest BCUT2D eigenvalue weighted by Crippen LogP contribution is -2.41. The molecule has 2 heteroatoms. The highest BCUT2D eigenvalue weighted by atomic mass is 15.3. The van der Waals surface area contributed by atoms with Crippen molar-refractivity contribution >= 4 is 34.1 Å². The van der Waals surface area contributed by atoms with E-state index < -0.39 is 0 Å². The van der Waals surface area contributed by atoms with Crippen molar-refractivity contribution in [2.45, 2.75) is 99.3 Å². The van der Waals surface area contributed by atoms with Crippen molar-refractivity contribution in [3.8, 4) is 0 Å². The van der Waals surface area contributed by atoms with Crippen LogP contribution in [0.4, 0.5) is 34.1 Å². The van der Waals surface area contributed by atoms with Crippen molar-refractivity contribution in [1.82, 2.24) is 0 Å². The van der Waals surface area contributed by atoms with Crippen LogP contribution in [-0.4, -0.2) is 0 Å². The average molecular weight is 541 g/mol. The summed E-state index contributed by atoms with van der Waals surface area (Å²) in [4.78, 5) is 5.25. The van der Waals surface area contributed by atoms with Crippen molar-refractivity contribution in [1.29, 1.82) is 0 Å². The Kier molecular flexibility index (Phi) is 5.05. The molecule has 0 spiro atoms. The molecule has 4 aromatic rings. The maximum absolute atomic E-state index is 2.65. The Hall–Kier alpha value is -3.52. The Morgan fingerprint density at radius 1 is 0.488 bits per heavy atom. The summed E-state index contributed by atoms with van der Waals surface area (Å²) in [5, 5.41) is 0. The molecule has 0 N–H and O–H groups in total. The van der Waals surface area contributed by atoms with Gasteiger partial charge in [0, 0.05) is 10.8 Å². The Balaban J connectivity index is 1.67. The van der Waals surface area contributed by atoms with Gasteiger partial charge in [-0.25, -0.2) is 0 Å². The highest BCUT2D eigenvalue weighted by molar-refractivity contribution is 6.09. The van der Waals surface area contributed by atoms with Crippen LogP contribution in [0.5, 0.6) is 0 Å². The summed E-state index contributed by atoms with van der Waals surface area (Å²) in [6.07, 6.45) is 0. The number of para-hydroxylation sites is 2. The maximum atomic E-state index is 2.65. The SMILES string of the molecule is Cc1c(C)c(C)c(N2c3cccc4c3N3c5c2cccc5C(C)(C)c2cc(C(C)(C)C)cc(c23)C4(C)C)c(C)c1C. The minimum atomic E-state index is -0.137. The molecule has 0 radical (unpaired) electrons. The lowest BCUT2D eigenvalue weighted by molar-refractivity contribution is 0.563. The van der Waals surface area contributed by atoms with Crippen molar-refractivity contribution < 1.29 is 0 Å². The normalized spacial score (nSPS) is 17.1. The van der Waals surface area contributed by atoms with Crippen LogP contribution in [0, 0.1) is 34.6 Å². The highest BCUT2D eigenvalue weighted by Crippen LogP contribution is 2.68. The van der Waals surface area contributed by atoms with Gasteiger partial charge < -0.3 is 9.80 Å². The molecule has 2 nitrogen and oxygen atoms in total. The molecule has 0 aromatic heterocycles. The zero-order valence-electron chi connectivity index (χ0n) is 27.0. The van der Waals surface area contributed by atoms with Crippen LogP contribution in [0.25, 0.3) is 0 Å². The smallest absolute Gasteiger partial charge is 0.0744 e. The van der Waals surface area contributed by atoms with E-state index in [1.807, 2.05) is 0 Å². The van der Waals surface area contributed by atoms with Crippen LogP contribution in [0.1, 0.15) is 104 Å². The van der Waals surface area contributed by atoms with Gasteiger partial charge in [-0.3, -0.25) is 0 Å². The molecule has 0 atom stereocenters. The average Bonchev–Trinajstić information content (AvgIpc) is 2.92. The standard InChI is InChI=1S/C39H44N2/c1-21-22(2)24(4)33(25(5)23(21)3)40-31-17-13-15-27-35(31)41-34-29(38(27,9)10)19-26(37(6,7)8)20-30(34)39(11,12)28-16-14-18-32(40)36(28)41/h13-20H,1-12H3. The summed E-state index contributed by atoms with van der Waals surface area (Å²) in [5.41, 5.74) is 21.8. The van der Waals surface area contributed by atoms with Gasteiger partial charge in [-0.1, -0.05) is 84.9 Å². The van der Waals surface area contributed by atoms with Gasteiger partial charge in [0.2, 0.25) is 0 Å². The second kappa shape index (κ2) is 7.85. The summed E-state index contributed by atoms with van der Waals surface area (Å²) in [5.74, 6) is 0.